The van der Waals surface area contributed by atoms with E-state index in [1.807, 2.05) is 133 Å². The maximum atomic E-state index is 16.6. The highest BCUT2D eigenvalue weighted by molar-refractivity contribution is 6.24. The van der Waals surface area contributed by atoms with Crippen LogP contribution >= 0.6 is 0 Å². The van der Waals surface area contributed by atoms with Gasteiger partial charge in [0.1, 0.15) is 42.0 Å². The Kier molecular flexibility index (Phi) is 12.5. The van der Waals surface area contributed by atoms with Crippen molar-refractivity contribution in [2.45, 2.75) is 49.2 Å². The molecule has 10 rings (SSSR count). The molecule has 14 nitrogen and oxygen atoms in total. The first-order valence-electron chi connectivity index (χ1n) is 23.2. The molecule has 2 saturated heterocycles. The van der Waals surface area contributed by atoms with E-state index in [4.69, 9.17) is 9.47 Å². The largest absolute Gasteiger partial charge is 0.491 e. The van der Waals surface area contributed by atoms with E-state index >= 15 is 19.2 Å². The number of hydrogen-bond donors (Lipinski definition) is 3. The number of para-hydroxylation sites is 1. The molecule has 0 unspecified atom stereocenters. The molecule has 3 aliphatic rings. The number of cyclic esters (lactones) is 1. The molecule has 1 spiro atoms. The molecule has 2 fully saturated rings. The molecule has 350 valence electrons. The summed E-state index contributed by atoms with van der Waals surface area (Å²) >= 11 is 0. The fourth-order valence-corrected chi connectivity index (χ4v) is 10.5. The van der Waals surface area contributed by atoms with Gasteiger partial charge in [0.15, 0.2) is 0 Å². The van der Waals surface area contributed by atoms with Gasteiger partial charge >= 0.3 is 12.0 Å². The minimum absolute atomic E-state index is 0.0133. The molecule has 1 aromatic heterocycles. The smallest absolute Gasteiger partial charge is 0.329 e. The van der Waals surface area contributed by atoms with Crippen molar-refractivity contribution in [2.24, 2.45) is 5.92 Å². The summed E-state index contributed by atoms with van der Waals surface area (Å²) in [6.07, 6.45) is 0.609. The molecule has 6 aromatic carbocycles. The zero-order valence-electron chi connectivity index (χ0n) is 38.2. The fraction of sp³-hybridized carbons (Fsp3) is 0.214. The third kappa shape index (κ3) is 7.94. The lowest BCUT2D eigenvalue weighted by Crippen LogP contribution is -2.56. The second-order valence-electron chi connectivity index (χ2n) is 17.4. The van der Waals surface area contributed by atoms with E-state index in [2.05, 4.69) is 39.4 Å². The van der Waals surface area contributed by atoms with Crippen LogP contribution < -0.4 is 20.3 Å². The number of aromatic nitrogens is 3. The van der Waals surface area contributed by atoms with Crippen LogP contribution in [0.5, 0.6) is 5.75 Å². The molecule has 70 heavy (non-hydrogen) atoms. The number of morpholine rings is 1. The van der Waals surface area contributed by atoms with Crippen molar-refractivity contribution >= 4 is 40.5 Å². The van der Waals surface area contributed by atoms with Gasteiger partial charge in [0.05, 0.1) is 41.9 Å². The highest BCUT2D eigenvalue weighted by Gasteiger charge is 2.75. The third-order valence-corrected chi connectivity index (χ3v) is 13.4. The molecule has 14 heteroatoms. The van der Waals surface area contributed by atoms with Crippen LogP contribution in [0.2, 0.25) is 0 Å². The van der Waals surface area contributed by atoms with E-state index in [0.29, 0.717) is 28.0 Å². The van der Waals surface area contributed by atoms with Crippen LogP contribution in [0.15, 0.2) is 170 Å². The third-order valence-electron chi connectivity index (χ3n) is 13.4. The minimum Gasteiger partial charge on any atom is -0.491 e. The van der Waals surface area contributed by atoms with Crippen LogP contribution in [0.3, 0.4) is 0 Å². The molecular formula is C56H49N7O7. The number of urea groups is 1. The number of aliphatic hydroxyl groups excluding tert-OH is 1. The van der Waals surface area contributed by atoms with Gasteiger partial charge in [-0.1, -0.05) is 138 Å². The van der Waals surface area contributed by atoms with E-state index in [-0.39, 0.29) is 32.0 Å². The number of rotatable bonds is 12. The average Bonchev–Trinajstić information content (AvgIpc) is 4.04. The quantitative estimate of drug-likeness (QED) is 0.0643. The summed E-state index contributed by atoms with van der Waals surface area (Å²) in [6.45, 7) is 5.60. The van der Waals surface area contributed by atoms with Crippen molar-refractivity contribution in [2.75, 3.05) is 24.7 Å². The van der Waals surface area contributed by atoms with Crippen LogP contribution in [0.4, 0.5) is 10.5 Å². The monoisotopic (exact) mass is 931 g/mol. The second-order valence-corrected chi connectivity index (χ2v) is 17.4. The number of esters is 1. The number of carbonyl (C=O) groups excluding carboxylic acids is 4. The molecule has 0 bridgehead atoms. The van der Waals surface area contributed by atoms with Gasteiger partial charge in [0.25, 0.3) is 0 Å². The number of aliphatic hydroxyl groups is 1. The Balaban J connectivity index is 1.24. The van der Waals surface area contributed by atoms with Gasteiger partial charge in [-0.3, -0.25) is 19.3 Å². The Hall–Kier alpha value is -8.38. The lowest BCUT2D eigenvalue weighted by molar-refractivity contribution is -0.178. The lowest BCUT2D eigenvalue weighted by atomic mass is 9.65. The highest BCUT2D eigenvalue weighted by atomic mass is 16.6. The van der Waals surface area contributed by atoms with Crippen LogP contribution in [0, 0.1) is 17.8 Å². The van der Waals surface area contributed by atoms with Crippen molar-refractivity contribution in [3.05, 3.63) is 204 Å². The average molecular weight is 932 g/mol. The van der Waals surface area contributed by atoms with E-state index in [9.17, 15) is 5.11 Å². The van der Waals surface area contributed by atoms with Gasteiger partial charge < -0.3 is 25.2 Å². The number of hydrogen-bond acceptors (Lipinski definition) is 10. The Morgan fingerprint density at radius 3 is 2.30 bits per heavy atom. The normalized spacial score (nSPS) is 21.8. The predicted octanol–water partition coefficient (Wildman–Crippen LogP) is 7.29. The first kappa shape index (κ1) is 45.4. The molecule has 3 N–H and O–H groups in total. The van der Waals surface area contributed by atoms with Gasteiger partial charge in [0.2, 0.25) is 11.8 Å². The summed E-state index contributed by atoms with van der Waals surface area (Å²) < 4.78 is 14.3. The lowest BCUT2D eigenvalue weighted by Gasteiger charge is -2.46. The summed E-state index contributed by atoms with van der Waals surface area (Å²) in [4.78, 5) is 65.6. The van der Waals surface area contributed by atoms with Gasteiger partial charge in [-0.15, -0.1) is 11.7 Å². The summed E-state index contributed by atoms with van der Waals surface area (Å²) in [5.41, 5.74) is 3.29. The molecule has 7 aromatic rings. The molecular weight excluding hydrogens is 883 g/mol. The van der Waals surface area contributed by atoms with E-state index in [1.54, 1.807) is 41.1 Å². The SMILES string of the molecule is C=CCNC(=O)[C@@H]1[C@H]2C(=O)O[C@H](c3ccccc3)[C@H](c3ccccc3)N2[C@H](c2cccc(OCCO)c2)[C@@]12C(=O)N(C(=O)N[C@H](C)c1ccccc1)c1ccc(C#CCn3nnc4ccccc43)cc12. The first-order valence-corrected chi connectivity index (χ1v) is 23.2. The van der Waals surface area contributed by atoms with E-state index in [0.717, 1.165) is 27.1 Å². The number of anilines is 1. The Labute approximate surface area is 404 Å². The highest BCUT2D eigenvalue weighted by Crippen LogP contribution is 2.66. The molecule has 4 amide bonds. The molecule has 0 radical (unpaired) electrons. The van der Waals surface area contributed by atoms with Gasteiger partial charge in [0, 0.05) is 12.1 Å². The Morgan fingerprint density at radius 2 is 1.56 bits per heavy atom. The standard InChI is InChI=1S/C56H49N7O7/c1-3-30-57-52(65)47-49-53(66)70-50(40-22-11-6-12-23-40)48(39-20-9-5-10-21-39)63(49)51(41-24-15-25-42(35-41)69-33-32-64)56(47)43-34-37(17-16-31-61-46-27-14-13-26-44(46)59-60-61)28-29-45(43)62(54(56)67)55(68)58-36(2)38-18-7-4-8-19-38/h3-15,18-29,34-36,47-51,64H,1,30-33H2,2H3,(H,57,65)(H,58,68)/t36-,47+,48+,49+,50-,51-,56+/m1/s1. The zero-order valence-corrected chi connectivity index (χ0v) is 38.2. The number of nitrogens with one attached hydrogen (secondary N) is 2. The van der Waals surface area contributed by atoms with Crippen molar-refractivity contribution in [1.29, 1.82) is 0 Å². The number of amides is 4. The molecule has 7 atom stereocenters. The molecule has 4 heterocycles. The number of ether oxygens (including phenoxy) is 2. The molecule has 3 aliphatic heterocycles. The van der Waals surface area contributed by atoms with Crippen molar-refractivity contribution < 1.29 is 33.8 Å². The fourth-order valence-electron chi connectivity index (χ4n) is 10.5. The Morgan fingerprint density at radius 1 is 0.857 bits per heavy atom. The van der Waals surface area contributed by atoms with Crippen molar-refractivity contribution in [3.63, 3.8) is 0 Å². The summed E-state index contributed by atoms with van der Waals surface area (Å²) in [5.74, 6) is 3.29. The second kappa shape index (κ2) is 19.3. The predicted molar refractivity (Wildman–Crippen MR) is 262 cm³/mol. The first-order chi connectivity index (χ1) is 34.2. The summed E-state index contributed by atoms with van der Waals surface area (Å²) in [7, 11) is 0. The van der Waals surface area contributed by atoms with E-state index < -0.39 is 65.4 Å². The van der Waals surface area contributed by atoms with Crippen LogP contribution in [-0.2, 0) is 31.1 Å². The number of nitrogens with zero attached hydrogens (tertiary/aromatic N) is 5. The Bertz CT molecular complexity index is 3170. The topological polar surface area (TPSA) is 168 Å². The van der Waals surface area contributed by atoms with Crippen molar-refractivity contribution in [3.8, 4) is 17.6 Å². The van der Waals surface area contributed by atoms with Crippen molar-refractivity contribution in [1.82, 2.24) is 30.5 Å². The van der Waals surface area contributed by atoms with Crippen LogP contribution in [-0.4, -0.2) is 74.6 Å². The minimum atomic E-state index is -2.02. The van der Waals surface area contributed by atoms with Gasteiger partial charge in [-0.2, -0.15) is 0 Å². The number of carbonyl (C=O) groups is 4. The van der Waals surface area contributed by atoms with E-state index in [1.165, 1.54) is 6.08 Å². The molecule has 0 aliphatic carbocycles. The van der Waals surface area contributed by atoms with Crippen LogP contribution in [0.1, 0.15) is 64.5 Å². The number of imide groups is 1. The zero-order chi connectivity index (χ0) is 48.4. The number of benzene rings is 6. The van der Waals surface area contributed by atoms with Gasteiger partial charge in [-0.05, 0) is 77.2 Å². The number of fused-ring (bicyclic) bond motifs is 4. The maximum absolute atomic E-state index is 16.6. The van der Waals surface area contributed by atoms with Gasteiger partial charge in [-0.25, -0.2) is 14.4 Å². The van der Waals surface area contributed by atoms with Crippen LogP contribution in [0.25, 0.3) is 11.0 Å². The molecule has 0 saturated carbocycles. The maximum Gasteiger partial charge on any atom is 0.329 e. The summed E-state index contributed by atoms with van der Waals surface area (Å²) in [5, 5.41) is 24.4. The summed E-state index contributed by atoms with van der Waals surface area (Å²) in [6, 6.07) is 43.6.